The average Bonchev–Trinajstić information content (AvgIpc) is 3.16. The van der Waals surface area contributed by atoms with Gasteiger partial charge in [0.2, 0.25) is 15.2 Å². The lowest BCUT2D eigenvalue weighted by atomic mass is 10.2. The van der Waals surface area contributed by atoms with E-state index in [1.54, 1.807) is 13.0 Å². The fourth-order valence-electron chi connectivity index (χ4n) is 2.39. The summed E-state index contributed by atoms with van der Waals surface area (Å²) < 4.78 is 27.2. The van der Waals surface area contributed by atoms with E-state index in [9.17, 15) is 13.2 Å². The summed E-state index contributed by atoms with van der Waals surface area (Å²) in [5.41, 5.74) is 1.04. The first-order chi connectivity index (χ1) is 13.8. The van der Waals surface area contributed by atoms with E-state index in [2.05, 4.69) is 20.2 Å². The number of carbonyl (C=O) groups excluding carboxylic acids is 1. The Hall–Kier alpha value is -2.33. The maximum atomic E-state index is 12.4. The van der Waals surface area contributed by atoms with Gasteiger partial charge in [-0.25, -0.2) is 13.1 Å². The van der Waals surface area contributed by atoms with Crippen LogP contribution in [-0.4, -0.2) is 30.6 Å². The maximum absolute atomic E-state index is 12.4. The molecule has 1 heterocycles. The lowest BCUT2D eigenvalue weighted by Crippen LogP contribution is -2.32. The van der Waals surface area contributed by atoms with Crippen molar-refractivity contribution >= 4 is 44.0 Å². The van der Waals surface area contributed by atoms with Gasteiger partial charge in [0, 0.05) is 17.2 Å². The van der Waals surface area contributed by atoms with Gasteiger partial charge in [-0.3, -0.25) is 10.1 Å². The summed E-state index contributed by atoms with van der Waals surface area (Å²) in [6, 6.07) is 12.8. The highest BCUT2D eigenvalue weighted by atomic mass is 35.5. The Morgan fingerprint density at radius 3 is 2.48 bits per heavy atom. The lowest BCUT2D eigenvalue weighted by Gasteiger charge is -2.12. The van der Waals surface area contributed by atoms with Crippen LogP contribution in [-0.2, 0) is 10.0 Å². The maximum Gasteiger partial charge on any atom is 0.257 e. The van der Waals surface area contributed by atoms with Gasteiger partial charge >= 0.3 is 0 Å². The van der Waals surface area contributed by atoms with Crippen LogP contribution < -0.4 is 10.0 Å². The molecule has 3 rings (SSSR count). The molecular weight excluding hydrogens is 432 g/mol. The first-order valence-corrected chi connectivity index (χ1v) is 11.5. The van der Waals surface area contributed by atoms with Gasteiger partial charge in [-0.15, -0.1) is 10.2 Å². The number of sulfonamides is 1. The highest BCUT2D eigenvalue weighted by Gasteiger charge is 2.18. The molecule has 1 unspecified atom stereocenters. The fraction of sp³-hybridized carbons (Fsp3) is 0.211. The molecule has 0 radical (unpaired) electrons. The SMILES string of the molecule is CCC(C)NS(=O)(=O)c1ccc(C(=O)Nc2nnc(-c3ccccc3Cl)s2)cc1. The number of hydrogen-bond acceptors (Lipinski definition) is 6. The molecule has 7 nitrogen and oxygen atoms in total. The molecule has 0 saturated carbocycles. The summed E-state index contributed by atoms with van der Waals surface area (Å²) in [5, 5.41) is 12.1. The number of halogens is 1. The summed E-state index contributed by atoms with van der Waals surface area (Å²) in [7, 11) is -3.62. The Morgan fingerprint density at radius 2 is 1.83 bits per heavy atom. The van der Waals surface area contributed by atoms with Crippen molar-refractivity contribution in [2.24, 2.45) is 0 Å². The van der Waals surface area contributed by atoms with Gasteiger partial charge in [0.15, 0.2) is 5.01 Å². The first kappa shape index (κ1) is 21.4. The van der Waals surface area contributed by atoms with Crippen molar-refractivity contribution in [3.63, 3.8) is 0 Å². The van der Waals surface area contributed by atoms with Crippen LogP contribution in [0.5, 0.6) is 0 Å². The van der Waals surface area contributed by atoms with Gasteiger partial charge in [-0.1, -0.05) is 48.1 Å². The Morgan fingerprint density at radius 1 is 1.14 bits per heavy atom. The van der Waals surface area contributed by atoms with Crippen molar-refractivity contribution in [3.05, 3.63) is 59.1 Å². The molecule has 1 aromatic heterocycles. The monoisotopic (exact) mass is 450 g/mol. The summed E-state index contributed by atoms with van der Waals surface area (Å²) in [6.45, 7) is 3.68. The topological polar surface area (TPSA) is 101 Å². The molecule has 0 saturated heterocycles. The minimum absolute atomic E-state index is 0.103. The van der Waals surface area contributed by atoms with Crippen molar-refractivity contribution in [2.45, 2.75) is 31.2 Å². The van der Waals surface area contributed by atoms with E-state index in [-0.39, 0.29) is 10.9 Å². The van der Waals surface area contributed by atoms with Gasteiger partial charge in [0.25, 0.3) is 5.91 Å². The van der Waals surface area contributed by atoms with Crippen LogP contribution >= 0.6 is 22.9 Å². The van der Waals surface area contributed by atoms with Crippen molar-refractivity contribution in [3.8, 4) is 10.6 Å². The van der Waals surface area contributed by atoms with Crippen molar-refractivity contribution in [2.75, 3.05) is 5.32 Å². The van der Waals surface area contributed by atoms with E-state index in [0.29, 0.717) is 27.1 Å². The van der Waals surface area contributed by atoms with Gasteiger partial charge in [-0.05, 0) is 43.7 Å². The van der Waals surface area contributed by atoms with Crippen molar-refractivity contribution in [1.82, 2.24) is 14.9 Å². The van der Waals surface area contributed by atoms with E-state index in [1.165, 1.54) is 35.6 Å². The molecule has 10 heteroatoms. The summed E-state index contributed by atoms with van der Waals surface area (Å²) in [4.78, 5) is 12.6. The predicted molar refractivity (Wildman–Crippen MR) is 115 cm³/mol. The standard InChI is InChI=1S/C19H19ClN4O3S2/c1-3-12(2)24-29(26,27)14-10-8-13(9-11-14)17(25)21-19-23-22-18(28-19)15-6-4-5-7-16(15)20/h4-12,24H,3H2,1-2H3,(H,21,23,25). The molecule has 2 N–H and O–H groups in total. The normalized spacial score (nSPS) is 12.5. The predicted octanol–water partition coefficient (Wildman–Crippen LogP) is 4.19. The van der Waals surface area contributed by atoms with Crippen molar-refractivity contribution in [1.29, 1.82) is 0 Å². The third-order valence-electron chi connectivity index (χ3n) is 4.15. The minimum Gasteiger partial charge on any atom is -0.296 e. The van der Waals surface area contributed by atoms with E-state index in [0.717, 1.165) is 5.56 Å². The van der Waals surface area contributed by atoms with Gasteiger partial charge in [0.1, 0.15) is 0 Å². The fourth-order valence-corrected chi connectivity index (χ4v) is 4.77. The smallest absolute Gasteiger partial charge is 0.257 e. The molecule has 1 amide bonds. The Kier molecular flexibility index (Phi) is 6.63. The summed E-state index contributed by atoms with van der Waals surface area (Å²) in [5.74, 6) is -0.411. The summed E-state index contributed by atoms with van der Waals surface area (Å²) in [6.07, 6.45) is 0.678. The molecule has 29 heavy (non-hydrogen) atoms. The molecule has 0 bridgehead atoms. The van der Waals surface area contributed by atoms with Crippen LogP contribution in [0.2, 0.25) is 5.02 Å². The molecule has 0 aliphatic carbocycles. The third kappa shape index (κ3) is 5.18. The molecule has 0 aliphatic rings. The largest absolute Gasteiger partial charge is 0.296 e. The number of carbonyl (C=O) groups is 1. The van der Waals surface area contributed by atoms with Crippen LogP contribution in [0.3, 0.4) is 0 Å². The van der Waals surface area contributed by atoms with Crippen LogP contribution in [0.25, 0.3) is 10.6 Å². The molecule has 2 aromatic carbocycles. The van der Waals surface area contributed by atoms with Gasteiger partial charge in [0.05, 0.1) is 9.92 Å². The van der Waals surface area contributed by atoms with Crippen LogP contribution in [0, 0.1) is 0 Å². The highest BCUT2D eigenvalue weighted by Crippen LogP contribution is 2.31. The molecule has 152 valence electrons. The number of rotatable bonds is 7. The molecule has 0 spiro atoms. The zero-order valence-electron chi connectivity index (χ0n) is 15.7. The minimum atomic E-state index is -3.62. The lowest BCUT2D eigenvalue weighted by molar-refractivity contribution is 0.102. The number of anilines is 1. The first-order valence-electron chi connectivity index (χ1n) is 8.82. The van der Waals surface area contributed by atoms with Crippen LogP contribution in [0.1, 0.15) is 30.6 Å². The van der Waals surface area contributed by atoms with Crippen LogP contribution in [0.15, 0.2) is 53.4 Å². The number of nitrogens with one attached hydrogen (secondary N) is 2. The third-order valence-corrected chi connectivity index (χ3v) is 6.95. The van der Waals surface area contributed by atoms with E-state index in [4.69, 9.17) is 11.6 Å². The van der Waals surface area contributed by atoms with Crippen LogP contribution in [0.4, 0.5) is 5.13 Å². The molecule has 0 fully saturated rings. The zero-order chi connectivity index (χ0) is 21.0. The molecule has 3 aromatic rings. The number of amides is 1. The van der Waals surface area contributed by atoms with Crippen molar-refractivity contribution < 1.29 is 13.2 Å². The van der Waals surface area contributed by atoms with Gasteiger partial charge < -0.3 is 0 Å². The highest BCUT2D eigenvalue weighted by molar-refractivity contribution is 7.89. The van der Waals surface area contributed by atoms with Gasteiger partial charge in [-0.2, -0.15) is 0 Å². The molecule has 0 aliphatic heterocycles. The number of benzene rings is 2. The number of hydrogen-bond donors (Lipinski definition) is 2. The summed E-state index contributed by atoms with van der Waals surface area (Å²) >= 11 is 7.35. The quantitative estimate of drug-likeness (QED) is 0.562. The Labute approximate surface area is 178 Å². The zero-order valence-corrected chi connectivity index (χ0v) is 18.1. The second kappa shape index (κ2) is 9.00. The number of aromatic nitrogens is 2. The Bertz CT molecular complexity index is 1110. The molecular formula is C19H19ClN4O3S2. The average molecular weight is 451 g/mol. The molecule has 1 atom stereocenters. The van der Waals surface area contributed by atoms with E-state index < -0.39 is 15.9 Å². The van der Waals surface area contributed by atoms with E-state index in [1.807, 2.05) is 25.1 Å². The second-order valence-corrected chi connectivity index (χ2v) is 9.40. The Balaban J connectivity index is 1.71. The van der Waals surface area contributed by atoms with E-state index >= 15 is 0 Å². The second-order valence-electron chi connectivity index (χ2n) is 6.30. The number of nitrogens with zero attached hydrogens (tertiary/aromatic N) is 2.